The number of carboxylic acid groups (broad SMARTS) is 1. The fourth-order valence-corrected chi connectivity index (χ4v) is 3.60. The van der Waals surface area contributed by atoms with E-state index in [1.165, 1.54) is 5.56 Å². The van der Waals surface area contributed by atoms with Crippen molar-refractivity contribution in [2.75, 3.05) is 11.4 Å². The number of carbonyl (C=O) groups is 2. The zero-order chi connectivity index (χ0) is 14.3. The summed E-state index contributed by atoms with van der Waals surface area (Å²) in [5.74, 6) is -1.42. The molecule has 0 saturated heterocycles. The Morgan fingerprint density at radius 3 is 2.65 bits per heavy atom. The van der Waals surface area contributed by atoms with Crippen LogP contribution in [-0.2, 0) is 16.0 Å². The topological polar surface area (TPSA) is 57.6 Å². The first-order chi connectivity index (χ1) is 9.58. The number of benzene rings is 1. The lowest BCUT2D eigenvalue weighted by Gasteiger charge is -2.23. The summed E-state index contributed by atoms with van der Waals surface area (Å²) in [6.07, 6.45) is 2.16. The molecule has 0 aromatic heterocycles. The highest BCUT2D eigenvalue weighted by atomic mass is 16.4. The van der Waals surface area contributed by atoms with Gasteiger partial charge in [0.05, 0.1) is 11.8 Å². The number of anilines is 1. The Kier molecular flexibility index (Phi) is 3.24. The van der Waals surface area contributed by atoms with Gasteiger partial charge in [0.25, 0.3) is 0 Å². The zero-order valence-corrected chi connectivity index (χ0v) is 11.6. The van der Waals surface area contributed by atoms with Gasteiger partial charge in [-0.25, -0.2) is 0 Å². The van der Waals surface area contributed by atoms with Crippen LogP contribution in [0.15, 0.2) is 24.3 Å². The Balaban J connectivity index is 1.85. The highest BCUT2D eigenvalue weighted by Gasteiger charge is 2.43. The van der Waals surface area contributed by atoms with Crippen molar-refractivity contribution in [2.45, 2.75) is 26.2 Å². The van der Waals surface area contributed by atoms with Crippen molar-refractivity contribution in [3.05, 3.63) is 29.8 Å². The van der Waals surface area contributed by atoms with E-state index in [2.05, 4.69) is 0 Å². The van der Waals surface area contributed by atoms with E-state index in [1.807, 2.05) is 31.2 Å². The third-order valence-corrected chi connectivity index (χ3v) is 4.59. The number of nitrogens with zero attached hydrogens (tertiary/aromatic N) is 1. The third-order valence-electron chi connectivity index (χ3n) is 4.59. The molecule has 1 saturated carbocycles. The van der Waals surface area contributed by atoms with Gasteiger partial charge in [-0.15, -0.1) is 0 Å². The van der Waals surface area contributed by atoms with Crippen molar-refractivity contribution in [1.82, 2.24) is 0 Å². The first kappa shape index (κ1) is 13.2. The number of para-hydroxylation sites is 1. The number of carboxylic acids is 1. The summed E-state index contributed by atoms with van der Waals surface area (Å²) in [5, 5.41) is 9.32. The largest absolute Gasteiger partial charge is 0.481 e. The monoisotopic (exact) mass is 273 g/mol. The molecule has 3 rings (SSSR count). The van der Waals surface area contributed by atoms with E-state index in [-0.39, 0.29) is 11.8 Å². The fourth-order valence-electron chi connectivity index (χ4n) is 3.60. The Labute approximate surface area is 118 Å². The van der Waals surface area contributed by atoms with Crippen molar-refractivity contribution in [3.63, 3.8) is 0 Å². The Morgan fingerprint density at radius 1 is 1.20 bits per heavy atom. The lowest BCUT2D eigenvalue weighted by atomic mass is 9.94. The lowest BCUT2D eigenvalue weighted by Crippen LogP contribution is -2.38. The van der Waals surface area contributed by atoms with Crippen LogP contribution in [0.1, 0.15) is 25.3 Å². The summed E-state index contributed by atoms with van der Waals surface area (Å²) >= 11 is 0. The van der Waals surface area contributed by atoms with E-state index < -0.39 is 11.9 Å². The Bertz CT molecular complexity index is 554. The van der Waals surface area contributed by atoms with Crippen LogP contribution in [0.5, 0.6) is 0 Å². The van der Waals surface area contributed by atoms with Crippen molar-refractivity contribution in [3.8, 4) is 0 Å². The molecule has 4 nitrogen and oxygen atoms in total. The summed E-state index contributed by atoms with van der Waals surface area (Å²) in [6, 6.07) is 7.89. The Morgan fingerprint density at radius 2 is 1.90 bits per heavy atom. The predicted molar refractivity (Wildman–Crippen MR) is 75.5 cm³/mol. The number of amides is 1. The maximum Gasteiger partial charge on any atom is 0.307 e. The molecule has 1 aliphatic heterocycles. The molecule has 1 aromatic carbocycles. The SMILES string of the molecule is CC1CC(C(=O)O)C(C(=O)N2CCc3ccccc32)C1. The molecule has 3 atom stereocenters. The molecule has 20 heavy (non-hydrogen) atoms. The molecule has 0 radical (unpaired) electrons. The van der Waals surface area contributed by atoms with Gasteiger partial charge in [0.1, 0.15) is 0 Å². The van der Waals surface area contributed by atoms with Crippen LogP contribution >= 0.6 is 0 Å². The molecule has 106 valence electrons. The van der Waals surface area contributed by atoms with Gasteiger partial charge < -0.3 is 10.0 Å². The van der Waals surface area contributed by atoms with Crippen LogP contribution in [0.2, 0.25) is 0 Å². The van der Waals surface area contributed by atoms with Gasteiger partial charge in [0.15, 0.2) is 0 Å². The van der Waals surface area contributed by atoms with Gasteiger partial charge in [-0.05, 0) is 36.8 Å². The smallest absolute Gasteiger partial charge is 0.307 e. The quantitative estimate of drug-likeness (QED) is 0.899. The molecule has 4 heteroatoms. The minimum absolute atomic E-state index is 0.00769. The maximum absolute atomic E-state index is 12.7. The van der Waals surface area contributed by atoms with Crippen LogP contribution < -0.4 is 4.90 Å². The van der Waals surface area contributed by atoms with Crippen LogP contribution in [0.25, 0.3) is 0 Å². The first-order valence-corrected chi connectivity index (χ1v) is 7.20. The van der Waals surface area contributed by atoms with Gasteiger partial charge >= 0.3 is 5.97 Å². The van der Waals surface area contributed by atoms with E-state index >= 15 is 0 Å². The average Bonchev–Trinajstić information content (AvgIpc) is 3.01. The van der Waals surface area contributed by atoms with Crippen molar-refractivity contribution in [1.29, 1.82) is 0 Å². The molecule has 1 aromatic rings. The zero-order valence-electron chi connectivity index (χ0n) is 11.6. The van der Waals surface area contributed by atoms with Gasteiger partial charge in [0.2, 0.25) is 5.91 Å². The standard InChI is InChI=1S/C16H19NO3/c1-10-8-12(13(9-10)16(19)20)15(18)17-7-6-11-4-2-3-5-14(11)17/h2-5,10,12-13H,6-9H2,1H3,(H,19,20). The van der Waals surface area contributed by atoms with Crippen molar-refractivity contribution >= 4 is 17.6 Å². The minimum Gasteiger partial charge on any atom is -0.481 e. The van der Waals surface area contributed by atoms with E-state index in [0.29, 0.717) is 25.3 Å². The number of rotatable bonds is 2. The van der Waals surface area contributed by atoms with Crippen LogP contribution in [0.3, 0.4) is 0 Å². The van der Waals surface area contributed by atoms with E-state index in [9.17, 15) is 14.7 Å². The number of carbonyl (C=O) groups excluding carboxylic acids is 1. The van der Waals surface area contributed by atoms with E-state index in [4.69, 9.17) is 0 Å². The number of hydrogen-bond donors (Lipinski definition) is 1. The average molecular weight is 273 g/mol. The predicted octanol–water partition coefficient (Wildman–Crippen LogP) is 2.32. The molecular formula is C16H19NO3. The molecular weight excluding hydrogens is 254 g/mol. The number of hydrogen-bond acceptors (Lipinski definition) is 2. The maximum atomic E-state index is 12.7. The summed E-state index contributed by atoms with van der Waals surface area (Å²) in [4.78, 5) is 25.9. The molecule has 1 amide bonds. The van der Waals surface area contributed by atoms with Gasteiger partial charge in [-0.2, -0.15) is 0 Å². The summed E-state index contributed by atoms with van der Waals surface area (Å²) in [5.41, 5.74) is 2.14. The Hall–Kier alpha value is -1.84. The van der Waals surface area contributed by atoms with Gasteiger partial charge in [-0.3, -0.25) is 9.59 Å². The van der Waals surface area contributed by atoms with Gasteiger partial charge in [-0.1, -0.05) is 25.1 Å². The molecule has 1 fully saturated rings. The molecule has 0 spiro atoms. The van der Waals surface area contributed by atoms with Crippen LogP contribution in [0, 0.1) is 17.8 Å². The molecule has 0 bridgehead atoms. The van der Waals surface area contributed by atoms with Gasteiger partial charge in [0, 0.05) is 12.2 Å². The number of aliphatic carboxylic acids is 1. The highest BCUT2D eigenvalue weighted by molar-refractivity contribution is 5.99. The first-order valence-electron chi connectivity index (χ1n) is 7.20. The second kappa shape index (κ2) is 4.93. The van der Waals surface area contributed by atoms with E-state index in [1.54, 1.807) is 4.90 Å². The van der Waals surface area contributed by atoms with Crippen molar-refractivity contribution < 1.29 is 14.7 Å². The van der Waals surface area contributed by atoms with Crippen molar-refractivity contribution in [2.24, 2.45) is 17.8 Å². The third kappa shape index (κ3) is 2.09. The summed E-state index contributed by atoms with van der Waals surface area (Å²) in [7, 11) is 0. The minimum atomic E-state index is -0.833. The molecule has 1 heterocycles. The summed E-state index contributed by atoms with van der Waals surface area (Å²) < 4.78 is 0. The molecule has 1 N–H and O–H groups in total. The second-order valence-electron chi connectivity index (χ2n) is 6.00. The molecule has 3 unspecified atom stereocenters. The van der Waals surface area contributed by atoms with Crippen LogP contribution in [-0.4, -0.2) is 23.5 Å². The number of fused-ring (bicyclic) bond motifs is 1. The second-order valence-corrected chi connectivity index (χ2v) is 6.00. The van der Waals surface area contributed by atoms with Crippen LogP contribution in [0.4, 0.5) is 5.69 Å². The normalized spacial score (nSPS) is 28.4. The lowest BCUT2D eigenvalue weighted by molar-refractivity contribution is -0.145. The highest BCUT2D eigenvalue weighted by Crippen LogP contribution is 2.39. The van der Waals surface area contributed by atoms with E-state index in [0.717, 1.165) is 12.1 Å². The fraction of sp³-hybridized carbons (Fsp3) is 0.500. The molecule has 1 aliphatic carbocycles. The summed E-state index contributed by atoms with van der Waals surface area (Å²) in [6.45, 7) is 2.70. The molecule has 2 aliphatic rings.